The first kappa shape index (κ1) is 14.5. The highest BCUT2D eigenvalue weighted by Crippen LogP contribution is 2.23. The number of carboxylic acid groups (broad SMARTS) is 1. The van der Waals surface area contributed by atoms with Gasteiger partial charge in [0.1, 0.15) is 6.04 Å². The molecule has 0 saturated heterocycles. The molecule has 1 aliphatic rings. The Morgan fingerprint density at radius 3 is 2.50 bits per heavy atom. The van der Waals surface area contributed by atoms with Gasteiger partial charge in [-0.3, -0.25) is 4.79 Å². The van der Waals surface area contributed by atoms with Crippen LogP contribution in [0.15, 0.2) is 0 Å². The zero-order valence-electron chi connectivity index (χ0n) is 10.7. The third-order valence-electron chi connectivity index (χ3n) is 3.40. The first-order valence-corrected chi connectivity index (χ1v) is 6.47. The summed E-state index contributed by atoms with van der Waals surface area (Å²) in [6, 6.07) is 1.04. The van der Waals surface area contributed by atoms with Crippen molar-refractivity contribution in [3.05, 3.63) is 0 Å². The molecule has 18 heavy (non-hydrogen) atoms. The smallest absolute Gasteiger partial charge is 0.326 e. The van der Waals surface area contributed by atoms with Gasteiger partial charge in [-0.1, -0.05) is 19.3 Å². The van der Waals surface area contributed by atoms with Gasteiger partial charge in [-0.15, -0.1) is 0 Å². The summed E-state index contributed by atoms with van der Waals surface area (Å²) in [6.45, 7) is 1.66. The van der Waals surface area contributed by atoms with Crippen LogP contribution in [-0.4, -0.2) is 23.0 Å². The maximum Gasteiger partial charge on any atom is 0.326 e. The highest BCUT2D eigenvalue weighted by molar-refractivity contribution is 5.85. The quantitative estimate of drug-likeness (QED) is 0.779. The fraction of sp³-hybridized carbons (Fsp3) is 0.769. The molecule has 0 aromatic heterocycles. The average molecular weight is 252 g/mol. The van der Waals surface area contributed by atoms with Gasteiger partial charge in [0.15, 0.2) is 0 Å². The predicted molar refractivity (Wildman–Crippen MR) is 65.5 cm³/mol. The van der Waals surface area contributed by atoms with Crippen LogP contribution in [0.25, 0.3) is 0 Å². The lowest BCUT2D eigenvalue weighted by Crippen LogP contribution is -2.44. The Labute approximate surface area is 107 Å². The third kappa shape index (κ3) is 4.36. The van der Waals surface area contributed by atoms with Crippen molar-refractivity contribution >= 4 is 11.9 Å². The molecule has 5 nitrogen and oxygen atoms in total. The number of nitriles is 1. The van der Waals surface area contributed by atoms with Gasteiger partial charge in [0.05, 0.1) is 6.07 Å². The largest absolute Gasteiger partial charge is 0.480 e. The Hall–Kier alpha value is -1.57. The maximum atomic E-state index is 11.9. The monoisotopic (exact) mass is 252 g/mol. The van der Waals surface area contributed by atoms with Crippen LogP contribution in [0.5, 0.6) is 0 Å². The molecule has 2 atom stereocenters. The molecular formula is C13H20N2O3. The van der Waals surface area contributed by atoms with Crippen molar-refractivity contribution in [2.45, 2.75) is 51.5 Å². The van der Waals surface area contributed by atoms with Gasteiger partial charge < -0.3 is 10.4 Å². The molecule has 2 N–H and O–H groups in total. The molecule has 1 fully saturated rings. The van der Waals surface area contributed by atoms with Gasteiger partial charge in [-0.05, 0) is 26.2 Å². The molecule has 100 valence electrons. The van der Waals surface area contributed by atoms with Crippen molar-refractivity contribution in [2.24, 2.45) is 11.8 Å². The molecule has 0 aromatic carbocycles. The Morgan fingerprint density at radius 2 is 2.00 bits per heavy atom. The summed E-state index contributed by atoms with van der Waals surface area (Å²) in [5.74, 6) is -1.68. The standard InChI is InChI=1S/C13H20N2O3/c1-9(8-14)7-11(13(17)18)15-12(16)10-5-3-2-4-6-10/h9-11H,2-7H2,1H3,(H,15,16)(H,17,18)/t9-,11+/m0/s1. The molecule has 1 saturated carbocycles. The van der Waals surface area contributed by atoms with E-state index in [-0.39, 0.29) is 24.2 Å². The summed E-state index contributed by atoms with van der Waals surface area (Å²) in [6.07, 6.45) is 5.05. The fourth-order valence-corrected chi connectivity index (χ4v) is 2.28. The van der Waals surface area contributed by atoms with Gasteiger partial charge in [-0.2, -0.15) is 5.26 Å². The first-order valence-electron chi connectivity index (χ1n) is 6.47. The van der Waals surface area contributed by atoms with Gasteiger partial charge in [-0.25, -0.2) is 4.79 Å². The van der Waals surface area contributed by atoms with Crippen LogP contribution in [0.2, 0.25) is 0 Å². The van der Waals surface area contributed by atoms with Crippen LogP contribution in [0, 0.1) is 23.2 Å². The zero-order valence-corrected chi connectivity index (χ0v) is 10.7. The van der Waals surface area contributed by atoms with Crippen molar-refractivity contribution in [2.75, 3.05) is 0 Å². The summed E-state index contributed by atoms with van der Waals surface area (Å²) in [7, 11) is 0. The normalized spacial score (nSPS) is 19.6. The van der Waals surface area contributed by atoms with E-state index in [0.29, 0.717) is 0 Å². The van der Waals surface area contributed by atoms with E-state index in [2.05, 4.69) is 5.32 Å². The molecular weight excluding hydrogens is 232 g/mol. The van der Waals surface area contributed by atoms with Crippen molar-refractivity contribution < 1.29 is 14.7 Å². The van der Waals surface area contributed by atoms with Crippen molar-refractivity contribution in [3.8, 4) is 6.07 Å². The molecule has 5 heteroatoms. The van der Waals surface area contributed by atoms with E-state index in [0.717, 1.165) is 32.1 Å². The second-order valence-corrected chi connectivity index (χ2v) is 5.00. The Kier molecular flexibility index (Phi) is 5.63. The van der Waals surface area contributed by atoms with Gasteiger partial charge in [0, 0.05) is 11.8 Å². The van der Waals surface area contributed by atoms with E-state index in [1.165, 1.54) is 0 Å². The van der Waals surface area contributed by atoms with Crippen molar-refractivity contribution in [1.82, 2.24) is 5.32 Å². The molecule has 1 amide bonds. The molecule has 1 rings (SSSR count). The zero-order chi connectivity index (χ0) is 13.5. The van der Waals surface area contributed by atoms with Gasteiger partial charge in [0.2, 0.25) is 5.91 Å². The number of carboxylic acids is 1. The lowest BCUT2D eigenvalue weighted by molar-refractivity contribution is -0.143. The fourth-order valence-electron chi connectivity index (χ4n) is 2.28. The van der Waals surface area contributed by atoms with Crippen molar-refractivity contribution in [3.63, 3.8) is 0 Å². The Balaban J connectivity index is 2.52. The average Bonchev–Trinajstić information content (AvgIpc) is 2.38. The van der Waals surface area contributed by atoms with Crippen LogP contribution in [-0.2, 0) is 9.59 Å². The highest BCUT2D eigenvalue weighted by Gasteiger charge is 2.27. The minimum Gasteiger partial charge on any atom is -0.480 e. The molecule has 0 aliphatic heterocycles. The molecule has 0 aromatic rings. The lowest BCUT2D eigenvalue weighted by atomic mass is 9.88. The molecule has 0 unspecified atom stereocenters. The Morgan fingerprint density at radius 1 is 1.39 bits per heavy atom. The SMILES string of the molecule is C[C@H](C#N)C[C@@H](NC(=O)C1CCCCC1)C(=O)O. The van der Waals surface area contributed by atoms with Crippen LogP contribution in [0.3, 0.4) is 0 Å². The van der Waals surface area contributed by atoms with Gasteiger partial charge in [0.25, 0.3) is 0 Å². The summed E-state index contributed by atoms with van der Waals surface area (Å²) in [4.78, 5) is 23.0. The maximum absolute atomic E-state index is 11.9. The Bertz CT molecular complexity index is 343. The number of hydrogen-bond acceptors (Lipinski definition) is 3. The third-order valence-corrected chi connectivity index (χ3v) is 3.40. The van der Waals surface area contributed by atoms with Crippen LogP contribution in [0.4, 0.5) is 0 Å². The number of hydrogen-bond donors (Lipinski definition) is 2. The highest BCUT2D eigenvalue weighted by atomic mass is 16.4. The number of carbonyl (C=O) groups is 2. The number of amides is 1. The van der Waals surface area contributed by atoms with E-state index < -0.39 is 12.0 Å². The second-order valence-electron chi connectivity index (χ2n) is 5.00. The summed E-state index contributed by atoms with van der Waals surface area (Å²) >= 11 is 0. The number of nitrogens with one attached hydrogen (secondary N) is 1. The molecule has 1 aliphatic carbocycles. The van der Waals surface area contributed by atoms with E-state index in [9.17, 15) is 9.59 Å². The topological polar surface area (TPSA) is 90.2 Å². The second kappa shape index (κ2) is 7.00. The van der Waals surface area contributed by atoms with Crippen molar-refractivity contribution in [1.29, 1.82) is 5.26 Å². The van der Waals surface area contributed by atoms with Crippen LogP contribution in [0.1, 0.15) is 45.4 Å². The van der Waals surface area contributed by atoms with E-state index in [1.807, 2.05) is 6.07 Å². The minimum absolute atomic E-state index is 0.0574. The van der Waals surface area contributed by atoms with Crippen LogP contribution >= 0.6 is 0 Å². The van der Waals surface area contributed by atoms with E-state index in [1.54, 1.807) is 6.92 Å². The number of nitrogens with zero attached hydrogens (tertiary/aromatic N) is 1. The molecule has 0 spiro atoms. The summed E-state index contributed by atoms with van der Waals surface area (Å²) in [5.41, 5.74) is 0. The molecule has 0 heterocycles. The molecule has 0 radical (unpaired) electrons. The predicted octanol–water partition coefficient (Wildman–Crippen LogP) is 1.69. The minimum atomic E-state index is -1.07. The van der Waals surface area contributed by atoms with E-state index in [4.69, 9.17) is 10.4 Å². The lowest BCUT2D eigenvalue weighted by Gasteiger charge is -2.23. The van der Waals surface area contributed by atoms with Gasteiger partial charge >= 0.3 is 5.97 Å². The number of aliphatic carboxylic acids is 1. The summed E-state index contributed by atoms with van der Waals surface area (Å²) < 4.78 is 0. The summed E-state index contributed by atoms with van der Waals surface area (Å²) in [5, 5.41) is 20.3. The van der Waals surface area contributed by atoms with E-state index >= 15 is 0 Å². The number of rotatable bonds is 5. The van der Waals surface area contributed by atoms with Crippen LogP contribution < -0.4 is 5.32 Å². The molecule has 0 bridgehead atoms. The number of carbonyl (C=O) groups excluding carboxylic acids is 1. The first-order chi connectivity index (χ1) is 8.54.